The minimum Gasteiger partial charge on any atom is -0.302 e. The summed E-state index contributed by atoms with van der Waals surface area (Å²) in [5.41, 5.74) is 0.0942. The minimum absolute atomic E-state index is 0.0942. The van der Waals surface area contributed by atoms with E-state index in [0.29, 0.717) is 0 Å². The summed E-state index contributed by atoms with van der Waals surface area (Å²) in [5, 5.41) is 1.06. The molecule has 2 rings (SSSR count). The number of amides is 1. The number of rotatable bonds is 2. The molecule has 1 aromatic carbocycles. The van der Waals surface area contributed by atoms with E-state index in [-0.39, 0.29) is 11.4 Å². The van der Waals surface area contributed by atoms with Crippen molar-refractivity contribution in [3.05, 3.63) is 41.6 Å². The molecular weight excluding hydrogens is 257 g/mol. The largest absolute Gasteiger partial charge is 0.302 e. The molecule has 0 fully saturated rings. The second-order valence-electron chi connectivity index (χ2n) is 4.07. The number of sulfone groups is 1. The number of hydrogen-bond acceptors (Lipinski definition) is 3. The van der Waals surface area contributed by atoms with Gasteiger partial charge in [-0.25, -0.2) is 12.8 Å². The Kier molecular flexibility index (Phi) is 3.21. The van der Waals surface area contributed by atoms with Crippen LogP contribution < -0.4 is 4.90 Å². The van der Waals surface area contributed by atoms with E-state index >= 15 is 0 Å². The summed E-state index contributed by atoms with van der Waals surface area (Å²) in [6, 6.07) is 5.15. The van der Waals surface area contributed by atoms with Crippen molar-refractivity contribution in [2.45, 2.75) is 13.0 Å². The van der Waals surface area contributed by atoms with Gasteiger partial charge in [0.05, 0.1) is 17.5 Å². The molecule has 0 radical (unpaired) electrons. The van der Waals surface area contributed by atoms with Crippen molar-refractivity contribution in [3.63, 3.8) is 0 Å². The van der Waals surface area contributed by atoms with Gasteiger partial charge >= 0.3 is 0 Å². The highest BCUT2D eigenvalue weighted by Crippen LogP contribution is 2.25. The van der Waals surface area contributed by atoms with Crippen molar-refractivity contribution in [1.82, 2.24) is 0 Å². The van der Waals surface area contributed by atoms with Crippen LogP contribution in [0.2, 0.25) is 0 Å². The Labute approximate surface area is 105 Å². The number of carbonyl (C=O) groups excluding carboxylic acids is 1. The van der Waals surface area contributed by atoms with Gasteiger partial charge in [-0.05, 0) is 18.2 Å². The van der Waals surface area contributed by atoms with Gasteiger partial charge in [0.25, 0.3) is 0 Å². The fourth-order valence-corrected chi connectivity index (χ4v) is 3.22. The average molecular weight is 269 g/mol. The first-order valence-corrected chi connectivity index (χ1v) is 7.07. The molecule has 1 heterocycles. The van der Waals surface area contributed by atoms with Crippen LogP contribution in [0.5, 0.6) is 0 Å². The summed E-state index contributed by atoms with van der Waals surface area (Å²) < 4.78 is 36.4. The van der Waals surface area contributed by atoms with Crippen molar-refractivity contribution in [2.24, 2.45) is 0 Å². The molecule has 1 aromatic rings. The first-order chi connectivity index (χ1) is 8.41. The van der Waals surface area contributed by atoms with Crippen molar-refractivity contribution in [3.8, 4) is 0 Å². The molecule has 0 aliphatic carbocycles. The van der Waals surface area contributed by atoms with Crippen LogP contribution in [0.25, 0.3) is 0 Å². The van der Waals surface area contributed by atoms with Crippen LogP contribution in [0.3, 0.4) is 0 Å². The Morgan fingerprint density at radius 3 is 2.56 bits per heavy atom. The third-order valence-corrected chi connectivity index (χ3v) is 4.07. The molecular formula is C12H12FNO3S. The van der Waals surface area contributed by atoms with Crippen molar-refractivity contribution in [1.29, 1.82) is 0 Å². The first kappa shape index (κ1) is 12.8. The Bertz CT molecular complexity index is 610. The first-order valence-electron chi connectivity index (χ1n) is 5.36. The predicted molar refractivity (Wildman–Crippen MR) is 66.3 cm³/mol. The van der Waals surface area contributed by atoms with E-state index in [9.17, 15) is 17.6 Å². The van der Waals surface area contributed by atoms with Gasteiger partial charge in [-0.2, -0.15) is 0 Å². The van der Waals surface area contributed by atoms with Gasteiger partial charge < -0.3 is 4.90 Å². The van der Waals surface area contributed by atoms with E-state index in [1.807, 2.05) is 0 Å². The number of nitrogens with zero attached hydrogens (tertiary/aromatic N) is 1. The zero-order chi connectivity index (χ0) is 13.3. The molecule has 0 N–H and O–H groups in total. The Morgan fingerprint density at radius 1 is 1.39 bits per heavy atom. The van der Waals surface area contributed by atoms with E-state index in [1.54, 1.807) is 6.07 Å². The zero-order valence-corrected chi connectivity index (χ0v) is 10.5. The van der Waals surface area contributed by atoms with Gasteiger partial charge in [-0.15, -0.1) is 0 Å². The maximum Gasteiger partial charge on any atom is 0.224 e. The van der Waals surface area contributed by atoms with Gasteiger partial charge in [-0.3, -0.25) is 4.79 Å². The van der Waals surface area contributed by atoms with Crippen LogP contribution in [0.1, 0.15) is 6.92 Å². The van der Waals surface area contributed by atoms with E-state index in [0.717, 1.165) is 10.3 Å². The maximum absolute atomic E-state index is 13.7. The molecule has 0 aromatic heterocycles. The van der Waals surface area contributed by atoms with Gasteiger partial charge in [0.2, 0.25) is 5.91 Å². The number of para-hydroxylation sites is 1. The molecule has 0 unspecified atom stereocenters. The van der Waals surface area contributed by atoms with Gasteiger partial charge in [-0.1, -0.05) is 12.1 Å². The molecule has 18 heavy (non-hydrogen) atoms. The number of carbonyl (C=O) groups is 1. The molecule has 1 aliphatic rings. The summed E-state index contributed by atoms with van der Waals surface area (Å²) >= 11 is 0. The predicted octanol–water partition coefficient (Wildman–Crippen LogP) is 1.49. The van der Waals surface area contributed by atoms with Crippen LogP contribution in [0.15, 0.2) is 35.7 Å². The van der Waals surface area contributed by atoms with E-state index in [2.05, 4.69) is 0 Å². The highest BCUT2D eigenvalue weighted by Gasteiger charge is 2.30. The Balaban J connectivity index is 2.40. The monoisotopic (exact) mass is 269 g/mol. The third kappa shape index (κ3) is 2.43. The summed E-state index contributed by atoms with van der Waals surface area (Å²) in [5.74, 6) is -1.15. The van der Waals surface area contributed by atoms with E-state index in [1.165, 1.54) is 31.2 Å². The number of halogens is 1. The Morgan fingerprint density at radius 2 is 2.06 bits per heavy atom. The SMILES string of the molecule is CC(=O)N(c1ccccc1F)[C@H]1C=CS(=O)(=O)C1. The second kappa shape index (κ2) is 4.53. The third-order valence-electron chi connectivity index (χ3n) is 2.69. The lowest BCUT2D eigenvalue weighted by atomic mass is 10.2. The molecule has 4 nitrogen and oxygen atoms in total. The summed E-state index contributed by atoms with van der Waals surface area (Å²) in [6.07, 6.45) is 1.41. The smallest absolute Gasteiger partial charge is 0.224 e. The molecule has 96 valence electrons. The maximum atomic E-state index is 13.7. The van der Waals surface area contributed by atoms with Crippen LogP contribution in [0.4, 0.5) is 10.1 Å². The zero-order valence-electron chi connectivity index (χ0n) is 9.71. The van der Waals surface area contributed by atoms with Gasteiger partial charge in [0.1, 0.15) is 5.82 Å². The van der Waals surface area contributed by atoms with Crippen LogP contribution in [-0.2, 0) is 14.6 Å². The fourth-order valence-electron chi connectivity index (χ4n) is 1.95. The molecule has 1 atom stereocenters. The quantitative estimate of drug-likeness (QED) is 0.817. The lowest BCUT2D eigenvalue weighted by Gasteiger charge is -2.26. The summed E-state index contributed by atoms with van der Waals surface area (Å²) in [7, 11) is -3.29. The molecule has 0 spiro atoms. The highest BCUT2D eigenvalue weighted by atomic mass is 32.2. The fraction of sp³-hybridized carbons (Fsp3) is 0.250. The number of benzene rings is 1. The molecule has 1 aliphatic heterocycles. The molecule has 1 amide bonds. The Hall–Kier alpha value is -1.69. The molecule has 0 saturated carbocycles. The summed E-state index contributed by atoms with van der Waals surface area (Å²) in [6.45, 7) is 1.28. The molecule has 0 bridgehead atoms. The normalized spacial score (nSPS) is 20.9. The minimum atomic E-state index is -3.29. The van der Waals surface area contributed by atoms with Crippen LogP contribution in [-0.4, -0.2) is 26.1 Å². The highest BCUT2D eigenvalue weighted by molar-refractivity contribution is 7.94. The van der Waals surface area contributed by atoms with Crippen LogP contribution in [0, 0.1) is 5.82 Å². The van der Waals surface area contributed by atoms with Crippen LogP contribution >= 0.6 is 0 Å². The topological polar surface area (TPSA) is 54.5 Å². The number of hydrogen-bond donors (Lipinski definition) is 0. The molecule has 0 saturated heterocycles. The van der Waals surface area contributed by atoms with Gasteiger partial charge in [0.15, 0.2) is 9.84 Å². The lowest BCUT2D eigenvalue weighted by molar-refractivity contribution is -0.116. The van der Waals surface area contributed by atoms with E-state index < -0.39 is 27.6 Å². The van der Waals surface area contributed by atoms with Crippen molar-refractivity contribution >= 4 is 21.4 Å². The van der Waals surface area contributed by atoms with Crippen molar-refractivity contribution < 1.29 is 17.6 Å². The summed E-state index contributed by atoms with van der Waals surface area (Å²) in [4.78, 5) is 12.8. The molecule has 6 heteroatoms. The van der Waals surface area contributed by atoms with E-state index in [4.69, 9.17) is 0 Å². The standard InChI is InChI=1S/C12H12FNO3S/c1-9(15)14(10-6-7-18(16,17)8-10)12-5-3-2-4-11(12)13/h2-7,10H,8H2,1H3/t10-/m0/s1. The second-order valence-corrected chi connectivity index (χ2v) is 6.00. The average Bonchev–Trinajstić information content (AvgIpc) is 2.61. The lowest BCUT2D eigenvalue weighted by Crippen LogP contribution is -2.40. The number of anilines is 1. The van der Waals surface area contributed by atoms with Crippen molar-refractivity contribution in [2.75, 3.05) is 10.7 Å². The van der Waals surface area contributed by atoms with Gasteiger partial charge in [0, 0.05) is 12.3 Å².